The zero-order chi connectivity index (χ0) is 16.1. The number of nitrogens with one attached hydrogen (secondary N) is 2. The predicted molar refractivity (Wildman–Crippen MR) is 84.5 cm³/mol. The number of amides is 1. The summed E-state index contributed by atoms with van der Waals surface area (Å²) in [6.07, 6.45) is 2.43. The highest BCUT2D eigenvalue weighted by Crippen LogP contribution is 2.29. The van der Waals surface area contributed by atoms with E-state index in [1.54, 1.807) is 7.11 Å². The highest BCUT2D eigenvalue weighted by Gasteiger charge is 2.36. The van der Waals surface area contributed by atoms with E-state index in [9.17, 15) is 4.79 Å². The zero-order valence-corrected chi connectivity index (χ0v) is 14.4. The molecule has 1 unspecified atom stereocenters. The molecule has 1 aliphatic rings. The molecule has 1 rings (SSSR count). The Morgan fingerprint density at radius 2 is 1.86 bits per heavy atom. The van der Waals surface area contributed by atoms with Crippen molar-refractivity contribution >= 4 is 6.09 Å². The van der Waals surface area contributed by atoms with Gasteiger partial charge < -0.3 is 20.1 Å². The van der Waals surface area contributed by atoms with Gasteiger partial charge >= 0.3 is 6.09 Å². The summed E-state index contributed by atoms with van der Waals surface area (Å²) < 4.78 is 11.2. The second-order valence-corrected chi connectivity index (χ2v) is 7.34. The summed E-state index contributed by atoms with van der Waals surface area (Å²) in [5.41, 5.74) is -0.617. The normalized spacial score (nSPS) is 20.1. The van der Waals surface area contributed by atoms with Crippen molar-refractivity contribution in [3.8, 4) is 0 Å². The van der Waals surface area contributed by atoms with E-state index in [1.807, 2.05) is 20.8 Å². The van der Waals surface area contributed by atoms with Gasteiger partial charge in [0.15, 0.2) is 0 Å². The van der Waals surface area contributed by atoms with E-state index in [-0.39, 0.29) is 17.7 Å². The van der Waals surface area contributed by atoms with Crippen molar-refractivity contribution in [1.29, 1.82) is 0 Å². The smallest absolute Gasteiger partial charge is 0.407 e. The molecule has 1 saturated heterocycles. The third-order valence-electron chi connectivity index (χ3n) is 4.05. The van der Waals surface area contributed by atoms with E-state index in [2.05, 4.69) is 24.5 Å². The highest BCUT2D eigenvalue weighted by molar-refractivity contribution is 5.68. The number of hydrogen-bond acceptors (Lipinski definition) is 4. The van der Waals surface area contributed by atoms with Gasteiger partial charge in [0.2, 0.25) is 0 Å². The Labute approximate surface area is 129 Å². The summed E-state index contributed by atoms with van der Waals surface area (Å²) >= 11 is 0. The molecule has 5 nitrogen and oxygen atoms in total. The Balaban J connectivity index is 2.66. The van der Waals surface area contributed by atoms with E-state index in [1.165, 1.54) is 0 Å². The van der Waals surface area contributed by atoms with Crippen LogP contribution < -0.4 is 10.6 Å². The second-order valence-electron chi connectivity index (χ2n) is 7.34. The number of alkyl carbamates (subject to hydrolysis) is 1. The summed E-state index contributed by atoms with van der Waals surface area (Å²) in [7, 11) is 1.77. The summed E-state index contributed by atoms with van der Waals surface area (Å²) in [4.78, 5) is 12.0. The van der Waals surface area contributed by atoms with Gasteiger partial charge in [-0.25, -0.2) is 4.79 Å². The Hall–Kier alpha value is -0.810. The Morgan fingerprint density at radius 1 is 1.29 bits per heavy atom. The molecule has 124 valence electrons. The monoisotopic (exact) mass is 300 g/mol. The number of hydrogen-bond donors (Lipinski definition) is 2. The number of carbonyl (C=O) groups excluding carboxylic acids is 1. The van der Waals surface area contributed by atoms with Crippen LogP contribution in [0.25, 0.3) is 0 Å². The molecule has 1 heterocycles. The summed E-state index contributed by atoms with van der Waals surface area (Å²) in [6, 6.07) is 0.0536. The van der Waals surface area contributed by atoms with Crippen LogP contribution in [0.1, 0.15) is 53.9 Å². The fourth-order valence-corrected chi connectivity index (χ4v) is 2.69. The maximum atomic E-state index is 12.0. The molecule has 0 bridgehead atoms. The molecule has 0 aromatic rings. The molecule has 0 aliphatic carbocycles. The van der Waals surface area contributed by atoms with Crippen LogP contribution in [0.3, 0.4) is 0 Å². The van der Waals surface area contributed by atoms with E-state index in [0.717, 1.165) is 32.4 Å². The molecule has 1 fully saturated rings. The van der Waals surface area contributed by atoms with Crippen molar-refractivity contribution in [1.82, 2.24) is 10.6 Å². The first kappa shape index (κ1) is 18.2. The van der Waals surface area contributed by atoms with Gasteiger partial charge in [0.05, 0.1) is 5.60 Å². The fourth-order valence-electron chi connectivity index (χ4n) is 2.69. The lowest BCUT2D eigenvalue weighted by Gasteiger charge is -2.40. The lowest BCUT2D eigenvalue weighted by Crippen LogP contribution is -2.51. The van der Waals surface area contributed by atoms with E-state index in [0.29, 0.717) is 5.92 Å². The molecule has 0 radical (unpaired) electrons. The maximum absolute atomic E-state index is 12.0. The quantitative estimate of drug-likeness (QED) is 0.819. The molecule has 0 saturated carbocycles. The van der Waals surface area contributed by atoms with Gasteiger partial charge in [0.1, 0.15) is 5.60 Å². The first-order valence-electron chi connectivity index (χ1n) is 7.93. The molecule has 1 amide bonds. The number of methoxy groups -OCH3 is 1. The van der Waals surface area contributed by atoms with Crippen LogP contribution >= 0.6 is 0 Å². The van der Waals surface area contributed by atoms with Gasteiger partial charge in [-0.2, -0.15) is 0 Å². The average molecular weight is 300 g/mol. The highest BCUT2D eigenvalue weighted by atomic mass is 16.6. The second kappa shape index (κ2) is 7.45. The number of carbonyl (C=O) groups is 1. The molecule has 5 heteroatoms. The number of piperidine rings is 1. The summed E-state index contributed by atoms with van der Waals surface area (Å²) in [5, 5.41) is 6.37. The fraction of sp³-hybridized carbons (Fsp3) is 0.938. The van der Waals surface area contributed by atoms with Gasteiger partial charge in [-0.15, -0.1) is 0 Å². The standard InChI is InChI=1S/C16H32N2O3/c1-12(2)13(18-14(19)21-15(3,4)5)11-16(20-6)7-9-17-10-8-16/h12-13,17H,7-11H2,1-6H3,(H,18,19). The third kappa shape index (κ3) is 6.22. The molecule has 1 aliphatic heterocycles. The SMILES string of the molecule is COC1(CC(NC(=O)OC(C)(C)C)C(C)C)CCNCC1. The van der Waals surface area contributed by atoms with Crippen LogP contribution in [-0.2, 0) is 9.47 Å². The largest absolute Gasteiger partial charge is 0.444 e. The van der Waals surface area contributed by atoms with Crippen molar-refractivity contribution in [3.05, 3.63) is 0 Å². The Kier molecular flexibility index (Phi) is 6.47. The third-order valence-corrected chi connectivity index (χ3v) is 4.05. The average Bonchev–Trinajstić information content (AvgIpc) is 2.36. The van der Waals surface area contributed by atoms with Gasteiger partial charge in [0, 0.05) is 13.2 Å². The molecular formula is C16H32N2O3. The minimum Gasteiger partial charge on any atom is -0.444 e. The van der Waals surface area contributed by atoms with E-state index >= 15 is 0 Å². The van der Waals surface area contributed by atoms with Crippen molar-refractivity contribution in [2.24, 2.45) is 5.92 Å². The molecule has 21 heavy (non-hydrogen) atoms. The molecule has 0 aromatic heterocycles. The maximum Gasteiger partial charge on any atom is 0.407 e. The van der Waals surface area contributed by atoms with Crippen LogP contribution in [-0.4, -0.2) is 43.5 Å². The molecule has 1 atom stereocenters. The predicted octanol–water partition coefficient (Wildman–Crippen LogP) is 2.69. The molecular weight excluding hydrogens is 268 g/mol. The van der Waals surface area contributed by atoms with E-state index < -0.39 is 5.60 Å². The minimum atomic E-state index is -0.473. The molecule has 0 spiro atoms. The van der Waals surface area contributed by atoms with Gasteiger partial charge in [-0.05, 0) is 59.0 Å². The lowest BCUT2D eigenvalue weighted by molar-refractivity contribution is -0.0506. The Morgan fingerprint density at radius 3 is 2.29 bits per heavy atom. The summed E-state index contributed by atoms with van der Waals surface area (Å²) in [5.74, 6) is 0.333. The first-order valence-corrected chi connectivity index (χ1v) is 7.93. The van der Waals surface area contributed by atoms with Gasteiger partial charge in [-0.1, -0.05) is 13.8 Å². The van der Waals surface area contributed by atoms with Gasteiger partial charge in [-0.3, -0.25) is 0 Å². The van der Waals surface area contributed by atoms with Crippen LogP contribution in [0.2, 0.25) is 0 Å². The van der Waals surface area contributed by atoms with Crippen molar-refractivity contribution < 1.29 is 14.3 Å². The van der Waals surface area contributed by atoms with Crippen LogP contribution in [0.5, 0.6) is 0 Å². The van der Waals surface area contributed by atoms with Crippen molar-refractivity contribution in [2.45, 2.75) is 71.1 Å². The zero-order valence-electron chi connectivity index (χ0n) is 14.4. The van der Waals surface area contributed by atoms with Crippen molar-refractivity contribution in [3.63, 3.8) is 0 Å². The summed E-state index contributed by atoms with van der Waals surface area (Å²) in [6.45, 7) is 11.8. The first-order chi connectivity index (χ1) is 9.67. The number of rotatable bonds is 5. The lowest BCUT2D eigenvalue weighted by atomic mass is 9.82. The van der Waals surface area contributed by atoms with Gasteiger partial charge in [0.25, 0.3) is 0 Å². The number of ether oxygens (including phenoxy) is 2. The van der Waals surface area contributed by atoms with E-state index in [4.69, 9.17) is 9.47 Å². The van der Waals surface area contributed by atoms with Crippen molar-refractivity contribution in [2.75, 3.05) is 20.2 Å². The van der Waals surface area contributed by atoms with Crippen LogP contribution in [0.15, 0.2) is 0 Å². The minimum absolute atomic E-state index is 0.0536. The van der Waals surface area contributed by atoms with Crippen LogP contribution in [0, 0.1) is 5.92 Å². The topological polar surface area (TPSA) is 59.6 Å². The molecule has 0 aromatic carbocycles. The Bertz CT molecular complexity index is 331. The van der Waals surface area contributed by atoms with Crippen LogP contribution in [0.4, 0.5) is 4.79 Å². The molecule has 2 N–H and O–H groups in total.